The van der Waals surface area contributed by atoms with Gasteiger partial charge in [0.05, 0.1) is 17.3 Å². The van der Waals surface area contributed by atoms with E-state index in [1.807, 2.05) is 0 Å². The van der Waals surface area contributed by atoms with Crippen LogP contribution in [0.3, 0.4) is 0 Å². The number of rotatable bonds is 3. The quantitative estimate of drug-likeness (QED) is 0.794. The molecule has 4 nitrogen and oxygen atoms in total. The van der Waals surface area contributed by atoms with Crippen LogP contribution in [0.5, 0.6) is 5.75 Å². The molecule has 104 valence electrons. The first-order chi connectivity index (χ1) is 9.51. The molecular formula is C13H9Br2ClN2O2. The molecular weight excluding hydrogens is 411 g/mol. The smallest absolute Gasteiger partial charge is 0.274 e. The summed E-state index contributed by atoms with van der Waals surface area (Å²) in [6.07, 6.45) is 1.56. The lowest BCUT2D eigenvalue weighted by Crippen LogP contribution is -2.14. The van der Waals surface area contributed by atoms with E-state index in [4.69, 9.17) is 16.3 Å². The van der Waals surface area contributed by atoms with Gasteiger partial charge < -0.3 is 10.1 Å². The average molecular weight is 420 g/mol. The van der Waals surface area contributed by atoms with Gasteiger partial charge in [-0.15, -0.1) is 0 Å². The van der Waals surface area contributed by atoms with Crippen LogP contribution in [-0.2, 0) is 0 Å². The highest BCUT2D eigenvalue weighted by Crippen LogP contribution is 2.36. The van der Waals surface area contributed by atoms with Crippen molar-refractivity contribution in [3.63, 3.8) is 0 Å². The number of hydrogen-bond donors (Lipinski definition) is 1. The number of pyridine rings is 1. The maximum atomic E-state index is 12.1. The number of benzene rings is 1. The van der Waals surface area contributed by atoms with Crippen molar-refractivity contribution in [2.45, 2.75) is 0 Å². The van der Waals surface area contributed by atoms with Crippen molar-refractivity contribution in [2.75, 3.05) is 12.4 Å². The molecule has 0 saturated carbocycles. The summed E-state index contributed by atoms with van der Waals surface area (Å²) < 4.78 is 6.70. The van der Waals surface area contributed by atoms with Gasteiger partial charge >= 0.3 is 0 Å². The van der Waals surface area contributed by atoms with Crippen molar-refractivity contribution in [3.05, 3.63) is 50.1 Å². The second kappa shape index (κ2) is 6.56. The number of hydrogen-bond acceptors (Lipinski definition) is 3. The number of carbonyl (C=O) groups excluding carboxylic acids is 1. The molecule has 2 aromatic rings. The minimum Gasteiger partial charge on any atom is -0.493 e. The maximum absolute atomic E-state index is 12.1. The number of carbonyl (C=O) groups is 1. The summed E-state index contributed by atoms with van der Waals surface area (Å²) >= 11 is 12.6. The molecule has 0 aliphatic rings. The molecule has 20 heavy (non-hydrogen) atoms. The van der Waals surface area contributed by atoms with Gasteiger partial charge in [0.1, 0.15) is 5.69 Å². The van der Waals surface area contributed by atoms with Gasteiger partial charge in [0.15, 0.2) is 5.75 Å². The number of aromatic nitrogens is 1. The first kappa shape index (κ1) is 15.3. The summed E-state index contributed by atoms with van der Waals surface area (Å²) in [7, 11) is 1.52. The minimum absolute atomic E-state index is 0.298. The zero-order chi connectivity index (χ0) is 14.7. The summed E-state index contributed by atoms with van der Waals surface area (Å²) in [6, 6.07) is 6.66. The van der Waals surface area contributed by atoms with Crippen molar-refractivity contribution < 1.29 is 9.53 Å². The molecule has 1 aromatic heterocycles. The highest BCUT2D eigenvalue weighted by Gasteiger charge is 2.14. The molecule has 1 aromatic carbocycles. The minimum atomic E-state index is -0.343. The van der Waals surface area contributed by atoms with E-state index in [9.17, 15) is 4.79 Å². The molecule has 1 amide bonds. The van der Waals surface area contributed by atoms with Crippen LogP contribution in [0, 0.1) is 0 Å². The van der Waals surface area contributed by atoms with E-state index in [-0.39, 0.29) is 5.91 Å². The second-order valence-corrected chi connectivity index (χ2v) is 5.99. The number of halogens is 3. The summed E-state index contributed by atoms with van der Waals surface area (Å²) in [5.41, 5.74) is 0.771. The zero-order valence-electron chi connectivity index (χ0n) is 10.3. The Morgan fingerprint density at radius 2 is 2.10 bits per heavy atom. The lowest BCUT2D eigenvalue weighted by Gasteiger charge is -2.12. The van der Waals surface area contributed by atoms with Crippen LogP contribution in [0.4, 0.5) is 5.69 Å². The number of nitrogens with zero attached hydrogens (tertiary/aromatic N) is 1. The van der Waals surface area contributed by atoms with Gasteiger partial charge in [-0.3, -0.25) is 4.79 Å². The molecule has 2 rings (SSSR count). The topological polar surface area (TPSA) is 51.2 Å². The monoisotopic (exact) mass is 418 g/mol. The standard InChI is InChI=1S/C13H9Br2ClN2O2/c1-20-12-9(15)4-8(16)5-11(12)18-13(19)10-3-2-7(14)6-17-10/h2-6H,1H3,(H,18,19). The van der Waals surface area contributed by atoms with E-state index < -0.39 is 0 Å². The van der Waals surface area contributed by atoms with Crippen molar-refractivity contribution in [2.24, 2.45) is 0 Å². The van der Waals surface area contributed by atoms with Crippen LogP contribution >= 0.6 is 43.5 Å². The van der Waals surface area contributed by atoms with Crippen LogP contribution in [0.25, 0.3) is 0 Å². The van der Waals surface area contributed by atoms with Gasteiger partial charge in [0.2, 0.25) is 0 Å². The van der Waals surface area contributed by atoms with Gasteiger partial charge in [-0.25, -0.2) is 4.98 Å². The fourth-order valence-corrected chi connectivity index (χ4v) is 2.76. The number of anilines is 1. The van der Waals surface area contributed by atoms with E-state index in [2.05, 4.69) is 42.2 Å². The summed E-state index contributed by atoms with van der Waals surface area (Å²) in [6.45, 7) is 0. The Balaban J connectivity index is 2.30. The van der Waals surface area contributed by atoms with E-state index in [1.165, 1.54) is 7.11 Å². The highest BCUT2D eigenvalue weighted by atomic mass is 79.9. The Kier molecular flexibility index (Phi) is 5.01. The molecule has 0 fully saturated rings. The molecule has 0 saturated heterocycles. The average Bonchev–Trinajstić information content (AvgIpc) is 2.39. The fourth-order valence-electron chi connectivity index (χ4n) is 1.56. The molecule has 1 N–H and O–H groups in total. The van der Waals surface area contributed by atoms with Crippen molar-refractivity contribution in [1.29, 1.82) is 0 Å². The molecule has 0 aliphatic heterocycles. The number of amides is 1. The number of methoxy groups -OCH3 is 1. The van der Waals surface area contributed by atoms with Gasteiger partial charge in [-0.2, -0.15) is 0 Å². The Morgan fingerprint density at radius 3 is 2.70 bits per heavy atom. The molecule has 7 heteroatoms. The Bertz CT molecular complexity index is 648. The van der Waals surface area contributed by atoms with Crippen molar-refractivity contribution >= 4 is 55.1 Å². The molecule has 1 heterocycles. The Morgan fingerprint density at radius 1 is 1.35 bits per heavy atom. The van der Waals surface area contributed by atoms with Gasteiger partial charge in [0, 0.05) is 15.7 Å². The molecule has 0 aliphatic carbocycles. The highest BCUT2D eigenvalue weighted by molar-refractivity contribution is 9.10. The lowest BCUT2D eigenvalue weighted by atomic mass is 10.2. The summed E-state index contributed by atoms with van der Waals surface area (Å²) in [4.78, 5) is 16.1. The lowest BCUT2D eigenvalue weighted by molar-refractivity contribution is 0.102. The van der Waals surface area contributed by atoms with Crippen LogP contribution in [0.2, 0.25) is 5.02 Å². The van der Waals surface area contributed by atoms with Gasteiger partial charge in [-0.05, 0) is 56.1 Å². The van der Waals surface area contributed by atoms with Gasteiger partial charge in [0.25, 0.3) is 5.91 Å². The van der Waals surface area contributed by atoms with Crippen LogP contribution in [-0.4, -0.2) is 18.0 Å². The van der Waals surface area contributed by atoms with Crippen molar-refractivity contribution in [1.82, 2.24) is 4.98 Å². The first-order valence-corrected chi connectivity index (χ1v) is 7.43. The maximum Gasteiger partial charge on any atom is 0.274 e. The van der Waals surface area contributed by atoms with E-state index in [1.54, 1.807) is 30.5 Å². The largest absolute Gasteiger partial charge is 0.493 e. The van der Waals surface area contributed by atoms with E-state index in [0.29, 0.717) is 26.6 Å². The van der Waals surface area contributed by atoms with Gasteiger partial charge in [-0.1, -0.05) is 11.6 Å². The summed E-state index contributed by atoms with van der Waals surface area (Å²) in [5.74, 6) is 0.157. The Hall–Kier alpha value is -1.11. The SMILES string of the molecule is COc1c(Br)cc(Cl)cc1NC(=O)c1ccc(Br)cn1. The number of ether oxygens (including phenoxy) is 1. The van der Waals surface area contributed by atoms with E-state index in [0.717, 1.165) is 4.47 Å². The predicted octanol–water partition coefficient (Wildman–Crippen LogP) is 4.52. The van der Waals surface area contributed by atoms with Crippen LogP contribution in [0.1, 0.15) is 10.5 Å². The number of nitrogens with one attached hydrogen (secondary N) is 1. The predicted molar refractivity (Wildman–Crippen MR) is 85.6 cm³/mol. The fraction of sp³-hybridized carbons (Fsp3) is 0.0769. The zero-order valence-corrected chi connectivity index (χ0v) is 14.2. The molecule has 0 atom stereocenters. The molecule has 0 bridgehead atoms. The molecule has 0 spiro atoms. The third-order valence-corrected chi connectivity index (χ3v) is 3.70. The second-order valence-electron chi connectivity index (χ2n) is 3.78. The third kappa shape index (κ3) is 3.50. The molecule has 0 unspecified atom stereocenters. The molecule has 0 radical (unpaired) electrons. The van der Waals surface area contributed by atoms with E-state index >= 15 is 0 Å². The third-order valence-electron chi connectivity index (χ3n) is 2.42. The first-order valence-electron chi connectivity index (χ1n) is 5.47. The van der Waals surface area contributed by atoms with Crippen molar-refractivity contribution in [3.8, 4) is 5.75 Å². The summed E-state index contributed by atoms with van der Waals surface area (Å²) in [5, 5.41) is 3.21. The normalized spacial score (nSPS) is 10.2. The van der Waals surface area contributed by atoms with Crippen LogP contribution in [0.15, 0.2) is 39.4 Å². The van der Waals surface area contributed by atoms with Crippen LogP contribution < -0.4 is 10.1 Å². The Labute approximate surface area is 137 Å².